The summed E-state index contributed by atoms with van der Waals surface area (Å²) in [5.41, 5.74) is -0.0579. The quantitative estimate of drug-likeness (QED) is 0.785. The highest BCUT2D eigenvalue weighted by molar-refractivity contribution is 7.92. The van der Waals surface area contributed by atoms with Crippen molar-refractivity contribution in [2.75, 3.05) is 36.7 Å². The van der Waals surface area contributed by atoms with E-state index >= 15 is 0 Å². The minimum atomic E-state index is -3.94. The second-order valence-electron chi connectivity index (χ2n) is 6.76. The number of sulfonamides is 1. The zero-order valence-electron chi connectivity index (χ0n) is 15.0. The number of aromatic nitrogens is 1. The van der Waals surface area contributed by atoms with Crippen LogP contribution in [0.15, 0.2) is 41.4 Å². The van der Waals surface area contributed by atoms with Gasteiger partial charge in [0.1, 0.15) is 10.7 Å². The lowest BCUT2D eigenvalue weighted by Gasteiger charge is -2.29. The van der Waals surface area contributed by atoms with Crippen molar-refractivity contribution in [3.05, 3.63) is 48.2 Å². The van der Waals surface area contributed by atoms with Gasteiger partial charge in [-0.1, -0.05) is 0 Å². The Morgan fingerprint density at radius 3 is 2.70 bits per heavy atom. The molecule has 1 aromatic heterocycles. The van der Waals surface area contributed by atoms with Gasteiger partial charge < -0.3 is 10.2 Å². The number of hydrogen-bond acceptors (Lipinski definition) is 5. The lowest BCUT2D eigenvalue weighted by molar-refractivity contribution is 0.217. The van der Waals surface area contributed by atoms with Gasteiger partial charge in [0.15, 0.2) is 11.6 Å². The molecule has 6 nitrogen and oxygen atoms in total. The Balaban J connectivity index is 1.62. The van der Waals surface area contributed by atoms with Gasteiger partial charge in [0, 0.05) is 25.4 Å². The Kier molecular flexibility index (Phi) is 5.91. The smallest absolute Gasteiger partial charge is 0.263 e. The van der Waals surface area contributed by atoms with Crippen LogP contribution in [-0.4, -0.2) is 45.0 Å². The first-order valence-electron chi connectivity index (χ1n) is 8.70. The minimum absolute atomic E-state index is 0.0579. The molecule has 27 heavy (non-hydrogen) atoms. The van der Waals surface area contributed by atoms with Crippen LogP contribution in [0.2, 0.25) is 0 Å². The Hall–Kier alpha value is -2.26. The van der Waals surface area contributed by atoms with Crippen molar-refractivity contribution in [1.29, 1.82) is 0 Å². The highest BCUT2D eigenvalue weighted by Crippen LogP contribution is 2.20. The van der Waals surface area contributed by atoms with E-state index in [9.17, 15) is 17.2 Å². The fourth-order valence-electron chi connectivity index (χ4n) is 3.11. The van der Waals surface area contributed by atoms with E-state index in [0.717, 1.165) is 44.3 Å². The molecular weight excluding hydrogens is 374 g/mol. The molecule has 1 atom stereocenters. The molecule has 3 rings (SSSR count). The molecular formula is C18H22F2N4O2S. The maximum Gasteiger partial charge on any atom is 0.263 e. The molecule has 0 bridgehead atoms. The van der Waals surface area contributed by atoms with Gasteiger partial charge in [-0.15, -0.1) is 0 Å². The zero-order valence-corrected chi connectivity index (χ0v) is 15.8. The van der Waals surface area contributed by atoms with Crippen LogP contribution in [0, 0.1) is 17.6 Å². The number of nitrogens with zero attached hydrogens (tertiary/aromatic N) is 2. The molecule has 146 valence electrons. The van der Waals surface area contributed by atoms with Gasteiger partial charge in [-0.25, -0.2) is 22.2 Å². The summed E-state index contributed by atoms with van der Waals surface area (Å²) in [5, 5.41) is 3.23. The van der Waals surface area contributed by atoms with Crippen molar-refractivity contribution in [2.24, 2.45) is 5.92 Å². The van der Waals surface area contributed by atoms with Gasteiger partial charge in [0.2, 0.25) is 0 Å². The Morgan fingerprint density at radius 2 is 2.04 bits per heavy atom. The topological polar surface area (TPSA) is 74.3 Å². The van der Waals surface area contributed by atoms with Crippen LogP contribution in [0.4, 0.5) is 20.3 Å². The lowest BCUT2D eigenvalue weighted by atomic mass is 9.98. The maximum atomic E-state index is 13.2. The Bertz CT molecular complexity index is 891. The fraction of sp³-hybridized carbons (Fsp3) is 0.389. The predicted octanol–water partition coefficient (Wildman–Crippen LogP) is 2.91. The molecule has 0 amide bonds. The van der Waals surface area contributed by atoms with E-state index in [4.69, 9.17) is 0 Å². The molecule has 0 aliphatic carbocycles. The average molecular weight is 396 g/mol. The van der Waals surface area contributed by atoms with E-state index in [-0.39, 0.29) is 10.6 Å². The Morgan fingerprint density at radius 1 is 1.22 bits per heavy atom. The predicted molar refractivity (Wildman–Crippen MR) is 100 cm³/mol. The zero-order chi connectivity index (χ0) is 19.4. The van der Waals surface area contributed by atoms with E-state index in [2.05, 4.69) is 27.0 Å². The van der Waals surface area contributed by atoms with Crippen molar-refractivity contribution in [1.82, 2.24) is 9.88 Å². The van der Waals surface area contributed by atoms with Gasteiger partial charge in [-0.2, -0.15) is 0 Å². The highest BCUT2D eigenvalue weighted by Gasteiger charge is 2.18. The number of anilines is 2. The van der Waals surface area contributed by atoms with Gasteiger partial charge in [-0.05, 0) is 56.6 Å². The molecule has 1 aliphatic rings. The number of likely N-dealkylation sites (tertiary alicyclic amines) is 1. The van der Waals surface area contributed by atoms with Crippen LogP contribution in [-0.2, 0) is 10.0 Å². The van der Waals surface area contributed by atoms with Crippen LogP contribution in [0.5, 0.6) is 0 Å². The Labute approximate surface area is 157 Å². The van der Waals surface area contributed by atoms with Crippen molar-refractivity contribution in [2.45, 2.75) is 17.7 Å². The first kappa shape index (κ1) is 19.5. The third-order valence-corrected chi connectivity index (χ3v) is 5.88. The van der Waals surface area contributed by atoms with Crippen LogP contribution in [0.1, 0.15) is 12.8 Å². The van der Waals surface area contributed by atoms with Crippen molar-refractivity contribution in [3.63, 3.8) is 0 Å². The second-order valence-corrected chi connectivity index (χ2v) is 8.45. The molecule has 9 heteroatoms. The van der Waals surface area contributed by atoms with Gasteiger partial charge in [0.05, 0.1) is 5.69 Å². The van der Waals surface area contributed by atoms with E-state index in [1.54, 1.807) is 6.07 Å². The molecule has 2 aromatic rings. The summed E-state index contributed by atoms with van der Waals surface area (Å²) in [7, 11) is -1.84. The highest BCUT2D eigenvalue weighted by atomic mass is 32.2. The summed E-state index contributed by atoms with van der Waals surface area (Å²) in [6.07, 6.45) is 3.56. The number of piperidine rings is 1. The summed E-state index contributed by atoms with van der Waals surface area (Å²) < 4.78 is 53.1. The second kappa shape index (κ2) is 8.18. The summed E-state index contributed by atoms with van der Waals surface area (Å²) in [6.45, 7) is 2.92. The minimum Gasteiger partial charge on any atom is -0.370 e. The number of halogens is 2. The number of nitrogens with one attached hydrogen (secondary N) is 2. The van der Waals surface area contributed by atoms with Crippen LogP contribution < -0.4 is 10.0 Å². The standard InChI is InChI=1S/C18H22F2N4O2S/c1-24-8-2-3-13(12-24)10-21-18-7-5-15(11-22-18)27(25,26)23-14-4-6-16(19)17(20)9-14/h4-7,9,11,13,23H,2-3,8,10,12H2,1H3,(H,21,22). The number of benzene rings is 1. The van der Waals surface area contributed by atoms with Gasteiger partial charge in [0.25, 0.3) is 10.0 Å². The summed E-state index contributed by atoms with van der Waals surface area (Å²) >= 11 is 0. The molecule has 0 radical (unpaired) electrons. The molecule has 1 fully saturated rings. The van der Waals surface area contributed by atoms with Gasteiger partial charge >= 0.3 is 0 Å². The SMILES string of the molecule is CN1CCCC(CNc2ccc(S(=O)(=O)Nc3ccc(F)c(F)c3)cn2)C1. The molecule has 1 unspecified atom stereocenters. The number of rotatable bonds is 6. The number of hydrogen-bond donors (Lipinski definition) is 2. The van der Waals surface area contributed by atoms with E-state index < -0.39 is 21.7 Å². The average Bonchev–Trinajstić information content (AvgIpc) is 2.63. The fourth-order valence-corrected chi connectivity index (χ4v) is 4.10. The van der Waals surface area contributed by atoms with Crippen LogP contribution in [0.25, 0.3) is 0 Å². The van der Waals surface area contributed by atoms with E-state index in [1.165, 1.54) is 18.7 Å². The largest absolute Gasteiger partial charge is 0.370 e. The maximum absolute atomic E-state index is 13.2. The van der Waals surface area contributed by atoms with E-state index in [1.807, 2.05) is 0 Å². The molecule has 1 saturated heterocycles. The van der Waals surface area contributed by atoms with E-state index in [0.29, 0.717) is 11.7 Å². The van der Waals surface area contributed by atoms with Crippen LogP contribution >= 0.6 is 0 Å². The molecule has 1 aliphatic heterocycles. The molecule has 2 N–H and O–H groups in total. The third-order valence-electron chi connectivity index (χ3n) is 4.51. The van der Waals surface area contributed by atoms with Crippen molar-refractivity contribution in [3.8, 4) is 0 Å². The molecule has 0 spiro atoms. The summed E-state index contributed by atoms with van der Waals surface area (Å²) in [5.74, 6) is -1.04. The normalized spacial score (nSPS) is 18.3. The first-order chi connectivity index (χ1) is 12.8. The molecule has 2 heterocycles. The van der Waals surface area contributed by atoms with Gasteiger partial charge in [-0.3, -0.25) is 4.72 Å². The first-order valence-corrected chi connectivity index (χ1v) is 10.2. The third kappa shape index (κ3) is 5.14. The molecule has 0 saturated carbocycles. The van der Waals surface area contributed by atoms with Crippen LogP contribution in [0.3, 0.4) is 0 Å². The van der Waals surface area contributed by atoms with Crippen molar-refractivity contribution < 1.29 is 17.2 Å². The summed E-state index contributed by atoms with van der Waals surface area (Å²) in [6, 6.07) is 5.82. The van der Waals surface area contributed by atoms with Crippen molar-refractivity contribution >= 4 is 21.5 Å². The molecule has 1 aromatic carbocycles. The lowest BCUT2D eigenvalue weighted by Crippen LogP contribution is -2.35. The summed E-state index contributed by atoms with van der Waals surface area (Å²) in [4.78, 5) is 6.38. The monoisotopic (exact) mass is 396 g/mol. The number of pyridine rings is 1.